The smallest absolute Gasteiger partial charge is 0.455 e. The number of ether oxygens (including phenoxy) is 1. The zero-order valence-electron chi connectivity index (χ0n) is 14.1. The van der Waals surface area contributed by atoms with Crippen molar-refractivity contribution in [2.24, 2.45) is 0 Å². The second-order valence-electron chi connectivity index (χ2n) is 5.60. The van der Waals surface area contributed by atoms with Gasteiger partial charge in [-0.15, -0.1) is 0 Å². The molecule has 3 rings (SSSR count). The summed E-state index contributed by atoms with van der Waals surface area (Å²) in [7, 11) is 0. The average molecular weight is 388 g/mol. The number of nitrogens with one attached hydrogen (secondary N) is 1. The third kappa shape index (κ3) is 4.79. The molecule has 0 radical (unpaired) electrons. The molecule has 2 aromatic carbocycles. The lowest BCUT2D eigenvalue weighted by atomic mass is 10.2. The minimum Gasteiger partial charge on any atom is -0.455 e. The van der Waals surface area contributed by atoms with Crippen LogP contribution in [-0.2, 0) is 11.3 Å². The number of carbonyl (C=O) groups excluding carboxylic acids is 1. The Hall–Kier alpha value is -3.46. The van der Waals surface area contributed by atoms with Gasteiger partial charge in [0.2, 0.25) is 12.2 Å². The highest BCUT2D eigenvalue weighted by atomic mass is 35.5. The van der Waals surface area contributed by atoms with E-state index in [-0.39, 0.29) is 6.54 Å². The molecule has 0 atom stereocenters. The zero-order chi connectivity index (χ0) is 19.4. The third-order valence-corrected chi connectivity index (χ3v) is 3.69. The number of hydrogen-bond donors (Lipinski definition) is 1. The maximum atomic E-state index is 12.3. The molecule has 1 amide bonds. The first kappa shape index (κ1) is 18.3. The maximum absolute atomic E-state index is 12.3. The fraction of sp³-hybridized carbons (Fsp3) is 0.118. The predicted molar refractivity (Wildman–Crippen MR) is 98.0 cm³/mol. The van der Waals surface area contributed by atoms with Gasteiger partial charge in [-0.1, -0.05) is 34.3 Å². The Morgan fingerprint density at radius 3 is 2.70 bits per heavy atom. The van der Waals surface area contributed by atoms with E-state index in [4.69, 9.17) is 16.3 Å². The number of rotatable bonds is 6. The van der Waals surface area contributed by atoms with Crippen molar-refractivity contribution in [2.45, 2.75) is 13.5 Å². The van der Waals surface area contributed by atoms with Crippen molar-refractivity contribution in [3.05, 3.63) is 69.5 Å². The number of benzene rings is 2. The Morgan fingerprint density at radius 1 is 1.30 bits per heavy atom. The lowest BCUT2D eigenvalue weighted by molar-refractivity contribution is -0.394. The van der Waals surface area contributed by atoms with Crippen molar-refractivity contribution in [2.75, 3.05) is 5.32 Å². The largest absolute Gasteiger partial charge is 0.490 e. The minimum absolute atomic E-state index is 0.253. The van der Waals surface area contributed by atoms with Gasteiger partial charge in [-0.2, -0.15) is 4.68 Å². The summed E-state index contributed by atoms with van der Waals surface area (Å²) in [6, 6.07) is 12.3. The normalized spacial score (nSPS) is 10.4. The zero-order valence-corrected chi connectivity index (χ0v) is 14.9. The summed E-state index contributed by atoms with van der Waals surface area (Å²) in [5, 5.41) is 17.3. The van der Waals surface area contributed by atoms with Crippen molar-refractivity contribution < 1.29 is 14.5 Å². The summed E-state index contributed by atoms with van der Waals surface area (Å²) in [5.74, 6) is -0.0359. The summed E-state index contributed by atoms with van der Waals surface area (Å²) in [4.78, 5) is 25.6. The molecule has 3 aromatic rings. The molecule has 0 bridgehead atoms. The van der Waals surface area contributed by atoms with Gasteiger partial charge < -0.3 is 20.2 Å². The van der Waals surface area contributed by atoms with E-state index >= 15 is 0 Å². The van der Waals surface area contributed by atoms with Crippen LogP contribution in [0.15, 0.2) is 48.8 Å². The maximum Gasteiger partial charge on any atom is 0.490 e. The molecule has 1 heterocycles. The topological polar surface area (TPSA) is 112 Å². The molecule has 0 spiro atoms. The van der Waals surface area contributed by atoms with E-state index in [1.165, 1.54) is 0 Å². The first-order valence-corrected chi connectivity index (χ1v) is 8.16. The van der Waals surface area contributed by atoms with Crippen LogP contribution in [0.4, 0.5) is 11.6 Å². The number of aryl methyl sites for hydroxylation is 1. The van der Waals surface area contributed by atoms with Crippen molar-refractivity contribution in [3.63, 3.8) is 0 Å². The Kier molecular flexibility index (Phi) is 5.32. The number of carbonyl (C=O) groups is 1. The molecule has 0 aliphatic heterocycles. The Balaban J connectivity index is 1.74. The third-order valence-electron chi connectivity index (χ3n) is 3.46. The summed E-state index contributed by atoms with van der Waals surface area (Å²) >= 11 is 6.01. The Morgan fingerprint density at radius 2 is 2.04 bits per heavy atom. The van der Waals surface area contributed by atoms with Crippen LogP contribution in [0.25, 0.3) is 0 Å². The highest BCUT2D eigenvalue weighted by Gasteiger charge is 2.16. The van der Waals surface area contributed by atoms with Gasteiger partial charge in [0, 0.05) is 10.1 Å². The summed E-state index contributed by atoms with van der Waals surface area (Å²) in [6.45, 7) is 1.71. The van der Waals surface area contributed by atoms with Gasteiger partial charge in [0.1, 0.15) is 12.3 Å². The van der Waals surface area contributed by atoms with Gasteiger partial charge >= 0.3 is 5.95 Å². The summed E-state index contributed by atoms with van der Waals surface area (Å²) in [6.07, 6.45) is 1.11. The number of halogens is 1. The highest BCUT2D eigenvalue weighted by molar-refractivity contribution is 6.31. The Labute approximate surface area is 158 Å². The number of aromatic nitrogens is 3. The van der Waals surface area contributed by atoms with Crippen molar-refractivity contribution in [3.8, 4) is 11.5 Å². The number of anilines is 1. The molecule has 0 aliphatic carbocycles. The SMILES string of the molecule is Cc1ccc(Oc2ccc(Cl)cc2NC(=O)Cn2cnc([N+](=O)[O-])n2)cc1. The molecular weight excluding hydrogens is 374 g/mol. The van der Waals surface area contributed by atoms with Crippen LogP contribution in [-0.4, -0.2) is 25.6 Å². The van der Waals surface area contributed by atoms with Gasteiger partial charge in [-0.05, 0) is 42.2 Å². The van der Waals surface area contributed by atoms with E-state index in [0.29, 0.717) is 22.2 Å². The number of nitro groups is 1. The van der Waals surface area contributed by atoms with Crippen LogP contribution in [0.2, 0.25) is 5.02 Å². The highest BCUT2D eigenvalue weighted by Crippen LogP contribution is 2.32. The summed E-state index contributed by atoms with van der Waals surface area (Å²) < 4.78 is 6.88. The molecular formula is C17H14ClN5O4. The Bertz CT molecular complexity index is 987. The second kappa shape index (κ2) is 7.83. The molecule has 0 saturated heterocycles. The van der Waals surface area contributed by atoms with Crippen LogP contribution < -0.4 is 10.1 Å². The minimum atomic E-state index is -0.737. The van der Waals surface area contributed by atoms with Gasteiger partial charge in [0.15, 0.2) is 5.75 Å². The summed E-state index contributed by atoms with van der Waals surface area (Å²) in [5.41, 5.74) is 1.46. The first-order valence-electron chi connectivity index (χ1n) is 7.78. The fourth-order valence-corrected chi connectivity index (χ4v) is 2.38. The fourth-order valence-electron chi connectivity index (χ4n) is 2.20. The van der Waals surface area contributed by atoms with Crippen LogP contribution >= 0.6 is 11.6 Å². The first-order chi connectivity index (χ1) is 12.9. The standard InChI is InChI=1S/C17H14ClN5O4/c1-11-2-5-13(6-3-11)27-15-7-4-12(18)8-14(15)20-16(24)9-22-10-19-17(21-22)23(25)26/h2-8,10H,9H2,1H3,(H,20,24). The molecule has 0 fully saturated rings. The van der Waals surface area contributed by atoms with Gasteiger partial charge in [-0.25, -0.2) is 0 Å². The van der Waals surface area contributed by atoms with E-state index in [0.717, 1.165) is 16.6 Å². The molecule has 138 valence electrons. The van der Waals surface area contributed by atoms with E-state index < -0.39 is 16.8 Å². The van der Waals surface area contributed by atoms with E-state index in [2.05, 4.69) is 15.4 Å². The molecule has 0 saturated carbocycles. The molecule has 1 aromatic heterocycles. The van der Waals surface area contributed by atoms with Gasteiger partial charge in [0.25, 0.3) is 0 Å². The van der Waals surface area contributed by atoms with Gasteiger partial charge in [0.05, 0.1) is 5.69 Å². The molecule has 1 N–H and O–H groups in total. The van der Waals surface area contributed by atoms with Crippen molar-refractivity contribution in [1.29, 1.82) is 0 Å². The monoisotopic (exact) mass is 387 g/mol. The molecule has 27 heavy (non-hydrogen) atoms. The van der Waals surface area contributed by atoms with E-state index in [9.17, 15) is 14.9 Å². The van der Waals surface area contributed by atoms with E-state index in [1.54, 1.807) is 18.2 Å². The molecule has 10 heteroatoms. The number of nitrogens with zero attached hydrogens (tertiary/aromatic N) is 4. The lowest BCUT2D eigenvalue weighted by Crippen LogP contribution is -2.19. The number of hydrogen-bond acceptors (Lipinski definition) is 6. The van der Waals surface area contributed by atoms with Crippen molar-refractivity contribution in [1.82, 2.24) is 14.8 Å². The lowest BCUT2D eigenvalue weighted by Gasteiger charge is -2.12. The predicted octanol–water partition coefficient (Wildman–Crippen LogP) is 3.58. The van der Waals surface area contributed by atoms with E-state index in [1.807, 2.05) is 31.2 Å². The second-order valence-corrected chi connectivity index (χ2v) is 6.04. The van der Waals surface area contributed by atoms with Crippen LogP contribution in [0.3, 0.4) is 0 Å². The van der Waals surface area contributed by atoms with Crippen molar-refractivity contribution >= 4 is 29.1 Å². The van der Waals surface area contributed by atoms with Crippen LogP contribution in [0.5, 0.6) is 11.5 Å². The molecule has 9 nitrogen and oxygen atoms in total. The quantitative estimate of drug-likeness (QED) is 0.511. The van der Waals surface area contributed by atoms with Crippen LogP contribution in [0.1, 0.15) is 5.56 Å². The number of amides is 1. The van der Waals surface area contributed by atoms with Crippen LogP contribution in [0, 0.1) is 17.0 Å². The molecule has 0 aliphatic rings. The average Bonchev–Trinajstić information content (AvgIpc) is 3.08. The van der Waals surface area contributed by atoms with Gasteiger partial charge in [-0.3, -0.25) is 4.79 Å². The molecule has 0 unspecified atom stereocenters.